The highest BCUT2D eigenvalue weighted by atomic mass is 16.5. The van der Waals surface area contributed by atoms with Crippen molar-refractivity contribution < 1.29 is 14.4 Å². The predicted molar refractivity (Wildman–Crippen MR) is 47.5 cm³/mol. The maximum Gasteiger partial charge on any atom is 0.308 e. The number of carboxylic acid groups (broad SMARTS) is 1. The molecule has 1 aromatic heterocycles. The molecule has 0 aliphatic heterocycles. The van der Waals surface area contributed by atoms with E-state index >= 15 is 0 Å². The first-order valence-corrected chi connectivity index (χ1v) is 4.63. The van der Waals surface area contributed by atoms with Crippen molar-refractivity contribution in [1.29, 1.82) is 0 Å². The van der Waals surface area contributed by atoms with Crippen LogP contribution in [0.1, 0.15) is 18.5 Å². The average molecular weight is 196 g/mol. The second kappa shape index (κ2) is 3.79. The van der Waals surface area contributed by atoms with Crippen LogP contribution in [0.5, 0.6) is 0 Å². The lowest BCUT2D eigenvalue weighted by atomic mass is 9.79. The second-order valence-electron chi connectivity index (χ2n) is 3.50. The number of hydrogen-bond donors (Lipinski definition) is 2. The van der Waals surface area contributed by atoms with Crippen molar-refractivity contribution >= 4 is 5.97 Å². The summed E-state index contributed by atoms with van der Waals surface area (Å²) < 4.78 is 4.67. The Bertz CT molecular complexity index is 310. The molecule has 76 valence electrons. The predicted octanol–water partition coefficient (Wildman–Crippen LogP) is 0.627. The maximum absolute atomic E-state index is 10.7. The number of carboxylic acids is 1. The summed E-state index contributed by atoms with van der Waals surface area (Å²) in [4.78, 5) is 10.7. The summed E-state index contributed by atoms with van der Waals surface area (Å²) >= 11 is 0. The molecule has 1 aromatic rings. The molecule has 0 amide bonds. The molecule has 5 heteroatoms. The van der Waals surface area contributed by atoms with Crippen LogP contribution in [0.2, 0.25) is 0 Å². The van der Waals surface area contributed by atoms with Crippen LogP contribution in [-0.2, 0) is 11.3 Å². The highest BCUT2D eigenvalue weighted by Crippen LogP contribution is 2.27. The lowest BCUT2D eigenvalue weighted by Crippen LogP contribution is -2.47. The molecule has 1 heterocycles. The van der Waals surface area contributed by atoms with Gasteiger partial charge in [0, 0.05) is 18.7 Å². The van der Waals surface area contributed by atoms with Gasteiger partial charge < -0.3 is 14.9 Å². The van der Waals surface area contributed by atoms with E-state index in [1.165, 1.54) is 6.26 Å². The molecule has 2 N–H and O–H groups in total. The normalized spacial score (nSPS) is 25.7. The Balaban J connectivity index is 1.79. The molecule has 0 saturated heterocycles. The molecule has 2 atom stereocenters. The van der Waals surface area contributed by atoms with Gasteiger partial charge >= 0.3 is 5.97 Å². The maximum atomic E-state index is 10.7. The Morgan fingerprint density at radius 2 is 2.57 bits per heavy atom. The van der Waals surface area contributed by atoms with Crippen molar-refractivity contribution in [2.75, 3.05) is 0 Å². The monoisotopic (exact) mass is 196 g/mol. The van der Waals surface area contributed by atoms with Gasteiger partial charge in [0.25, 0.3) is 0 Å². The first-order chi connectivity index (χ1) is 6.77. The van der Waals surface area contributed by atoms with Crippen LogP contribution >= 0.6 is 0 Å². The third-order valence-electron chi connectivity index (χ3n) is 2.63. The van der Waals surface area contributed by atoms with E-state index in [1.807, 2.05) is 0 Å². The molecule has 0 radical (unpaired) electrons. The van der Waals surface area contributed by atoms with Crippen molar-refractivity contribution in [3.63, 3.8) is 0 Å². The van der Waals surface area contributed by atoms with Gasteiger partial charge in [-0.3, -0.25) is 4.79 Å². The van der Waals surface area contributed by atoms with Crippen LogP contribution in [-0.4, -0.2) is 22.3 Å². The highest BCUT2D eigenvalue weighted by Gasteiger charge is 2.35. The van der Waals surface area contributed by atoms with Crippen LogP contribution in [0.15, 0.2) is 16.9 Å². The summed E-state index contributed by atoms with van der Waals surface area (Å²) in [6, 6.07) is 1.85. The quantitative estimate of drug-likeness (QED) is 0.738. The van der Waals surface area contributed by atoms with Gasteiger partial charge in [0.05, 0.1) is 11.6 Å². The molecule has 0 spiro atoms. The summed E-state index contributed by atoms with van der Waals surface area (Å²) in [5.41, 5.74) is 0.807. The Morgan fingerprint density at radius 1 is 1.71 bits per heavy atom. The zero-order valence-electron chi connectivity index (χ0n) is 7.64. The van der Waals surface area contributed by atoms with Crippen molar-refractivity contribution in [2.45, 2.75) is 25.4 Å². The Labute approximate surface area is 81.1 Å². The van der Waals surface area contributed by atoms with Crippen LogP contribution in [0.4, 0.5) is 0 Å². The molecule has 1 saturated carbocycles. The lowest BCUT2D eigenvalue weighted by molar-refractivity contribution is -0.146. The Hall–Kier alpha value is -1.36. The summed E-state index contributed by atoms with van der Waals surface area (Å²) in [5.74, 6) is -0.948. The standard InChI is InChI=1S/C9H12N2O3/c12-9(13)7-1-2-8(7)10-5-6-3-4-14-11-6/h3-4,7-8,10H,1-2,5H2,(H,12,13). The number of hydrogen-bond acceptors (Lipinski definition) is 4. The fourth-order valence-corrected chi connectivity index (χ4v) is 1.60. The summed E-state index contributed by atoms with van der Waals surface area (Å²) in [6.45, 7) is 0.574. The molecule has 2 unspecified atom stereocenters. The van der Waals surface area contributed by atoms with Gasteiger partial charge in [-0.15, -0.1) is 0 Å². The molecular weight excluding hydrogens is 184 g/mol. The van der Waals surface area contributed by atoms with Crippen LogP contribution in [0.3, 0.4) is 0 Å². The number of nitrogens with one attached hydrogen (secondary N) is 1. The zero-order valence-corrected chi connectivity index (χ0v) is 7.64. The van der Waals surface area contributed by atoms with Gasteiger partial charge in [0.2, 0.25) is 0 Å². The minimum absolute atomic E-state index is 0.0872. The number of aliphatic carboxylic acids is 1. The Kier molecular flexibility index (Phi) is 2.49. The van der Waals surface area contributed by atoms with E-state index in [-0.39, 0.29) is 12.0 Å². The van der Waals surface area contributed by atoms with Crippen molar-refractivity contribution in [1.82, 2.24) is 10.5 Å². The van der Waals surface area contributed by atoms with Gasteiger partial charge in [-0.25, -0.2) is 0 Å². The molecule has 1 fully saturated rings. The molecule has 0 bridgehead atoms. The van der Waals surface area contributed by atoms with Gasteiger partial charge in [-0.1, -0.05) is 5.16 Å². The number of nitrogens with zero attached hydrogens (tertiary/aromatic N) is 1. The minimum Gasteiger partial charge on any atom is -0.481 e. The number of aromatic nitrogens is 1. The average Bonchev–Trinajstić information content (AvgIpc) is 2.53. The summed E-state index contributed by atoms with van der Waals surface area (Å²) in [5, 5.41) is 15.7. The van der Waals surface area contributed by atoms with Gasteiger partial charge in [-0.2, -0.15) is 0 Å². The van der Waals surface area contributed by atoms with E-state index in [0.29, 0.717) is 6.54 Å². The molecule has 5 nitrogen and oxygen atoms in total. The van der Waals surface area contributed by atoms with Gasteiger partial charge in [-0.05, 0) is 12.8 Å². The third-order valence-corrected chi connectivity index (χ3v) is 2.63. The third kappa shape index (κ3) is 1.77. The largest absolute Gasteiger partial charge is 0.481 e. The molecule has 1 aliphatic carbocycles. The van der Waals surface area contributed by atoms with Gasteiger partial charge in [0.1, 0.15) is 6.26 Å². The van der Waals surface area contributed by atoms with Gasteiger partial charge in [0.15, 0.2) is 0 Å². The van der Waals surface area contributed by atoms with E-state index in [2.05, 4.69) is 15.0 Å². The lowest BCUT2D eigenvalue weighted by Gasteiger charge is -2.33. The van der Waals surface area contributed by atoms with Crippen molar-refractivity contribution in [3.8, 4) is 0 Å². The van der Waals surface area contributed by atoms with Crippen LogP contribution < -0.4 is 5.32 Å². The highest BCUT2D eigenvalue weighted by molar-refractivity contribution is 5.72. The smallest absolute Gasteiger partial charge is 0.308 e. The second-order valence-corrected chi connectivity index (χ2v) is 3.50. The van der Waals surface area contributed by atoms with E-state index in [0.717, 1.165) is 18.5 Å². The summed E-state index contributed by atoms with van der Waals surface area (Å²) in [6.07, 6.45) is 3.20. The molecule has 1 aliphatic rings. The van der Waals surface area contributed by atoms with Crippen LogP contribution in [0, 0.1) is 5.92 Å². The first kappa shape index (κ1) is 9.21. The number of carbonyl (C=O) groups is 1. The molecule has 0 aromatic carbocycles. The molecule has 2 rings (SSSR count). The van der Waals surface area contributed by atoms with E-state index in [1.54, 1.807) is 6.07 Å². The minimum atomic E-state index is -0.714. The fourth-order valence-electron chi connectivity index (χ4n) is 1.60. The number of rotatable bonds is 4. The van der Waals surface area contributed by atoms with Crippen molar-refractivity contribution in [3.05, 3.63) is 18.0 Å². The van der Waals surface area contributed by atoms with E-state index in [4.69, 9.17) is 5.11 Å². The molecule has 14 heavy (non-hydrogen) atoms. The van der Waals surface area contributed by atoms with Crippen molar-refractivity contribution in [2.24, 2.45) is 5.92 Å². The SMILES string of the molecule is O=C(O)C1CCC1NCc1ccon1. The zero-order chi connectivity index (χ0) is 9.97. The Morgan fingerprint density at radius 3 is 3.07 bits per heavy atom. The first-order valence-electron chi connectivity index (χ1n) is 4.63. The summed E-state index contributed by atoms with van der Waals surface area (Å²) in [7, 11) is 0. The van der Waals surface area contributed by atoms with E-state index in [9.17, 15) is 4.79 Å². The van der Waals surface area contributed by atoms with Crippen LogP contribution in [0.25, 0.3) is 0 Å². The van der Waals surface area contributed by atoms with E-state index < -0.39 is 5.97 Å². The topological polar surface area (TPSA) is 75.4 Å². The molecular formula is C9H12N2O3. The fraction of sp³-hybridized carbons (Fsp3) is 0.556.